The first-order valence-corrected chi connectivity index (χ1v) is 10.3. The van der Waals surface area contributed by atoms with Crippen LogP contribution in [-0.2, 0) is 0 Å². The summed E-state index contributed by atoms with van der Waals surface area (Å²) in [6.07, 6.45) is 23.5. The number of aromatic nitrogens is 2. The highest BCUT2D eigenvalue weighted by Gasteiger charge is 2.06. The van der Waals surface area contributed by atoms with Gasteiger partial charge in [0.2, 0.25) is 0 Å². The highest BCUT2D eigenvalue weighted by atomic mass is 16.1. The Kier molecular flexibility index (Phi) is 13.8. The van der Waals surface area contributed by atoms with E-state index in [-0.39, 0.29) is 5.78 Å². The number of carbonyl (C=O) groups excluding carboxylic acids is 1. The number of unbranched alkanes of at least 4 members (excludes halogenated alkanes) is 11. The van der Waals surface area contributed by atoms with Crippen molar-refractivity contribution in [3.05, 3.63) is 36.2 Å². The Morgan fingerprint density at radius 3 is 2.08 bits per heavy atom. The predicted octanol–water partition coefficient (Wildman–Crippen LogP) is 6.70. The minimum atomic E-state index is 0.116. The first-order chi connectivity index (χ1) is 12.3. The van der Waals surface area contributed by atoms with Crippen molar-refractivity contribution in [3.63, 3.8) is 0 Å². The average Bonchev–Trinajstić information content (AvgIpc) is 2.65. The molecule has 1 aromatic rings. The Morgan fingerprint density at radius 1 is 0.880 bits per heavy atom. The first-order valence-electron chi connectivity index (χ1n) is 10.3. The molecule has 3 nitrogen and oxygen atoms in total. The molecule has 0 saturated heterocycles. The average molecular weight is 345 g/mol. The van der Waals surface area contributed by atoms with Crippen molar-refractivity contribution >= 4 is 5.78 Å². The number of ketones is 1. The molecule has 140 valence electrons. The zero-order valence-corrected chi connectivity index (χ0v) is 16.1. The quantitative estimate of drug-likeness (QED) is 0.190. The molecule has 0 aliphatic carbocycles. The van der Waals surface area contributed by atoms with Gasteiger partial charge in [-0.15, -0.1) is 5.10 Å². The smallest absolute Gasteiger partial charge is 0.183 e. The van der Waals surface area contributed by atoms with Crippen LogP contribution in [0.25, 0.3) is 0 Å². The van der Waals surface area contributed by atoms with Crippen molar-refractivity contribution in [1.29, 1.82) is 0 Å². The van der Waals surface area contributed by atoms with Crippen molar-refractivity contribution in [2.24, 2.45) is 0 Å². The van der Waals surface area contributed by atoms with Crippen LogP contribution in [-0.4, -0.2) is 16.0 Å². The topological polar surface area (TPSA) is 42.9 Å². The van der Waals surface area contributed by atoms with Gasteiger partial charge in [0.15, 0.2) is 5.78 Å². The molecule has 1 heterocycles. The van der Waals surface area contributed by atoms with Gasteiger partial charge < -0.3 is 0 Å². The lowest BCUT2D eigenvalue weighted by molar-refractivity contribution is 0.0973. The molecule has 1 aromatic heterocycles. The molecular weight excluding hydrogens is 308 g/mol. The van der Waals surface area contributed by atoms with Crippen molar-refractivity contribution in [3.8, 4) is 0 Å². The van der Waals surface area contributed by atoms with E-state index in [0.29, 0.717) is 12.1 Å². The summed E-state index contributed by atoms with van der Waals surface area (Å²) < 4.78 is 0. The number of Topliss-reactive ketones (excluding diaryl/α,β-unsaturated/α-hetero) is 1. The van der Waals surface area contributed by atoms with E-state index in [0.717, 1.165) is 12.8 Å². The lowest BCUT2D eigenvalue weighted by Crippen LogP contribution is -2.02. The van der Waals surface area contributed by atoms with Crippen LogP contribution < -0.4 is 0 Å². The molecule has 0 radical (unpaired) electrons. The molecule has 0 unspecified atom stereocenters. The van der Waals surface area contributed by atoms with E-state index < -0.39 is 0 Å². The molecule has 1 rings (SSSR count). The summed E-state index contributed by atoms with van der Waals surface area (Å²) in [5.41, 5.74) is 0.498. The number of allylic oxidation sites excluding steroid dienone is 2. The maximum atomic E-state index is 11.9. The van der Waals surface area contributed by atoms with E-state index >= 15 is 0 Å². The SMILES string of the molecule is CCCCCCCC/C=C\CCCCCCCC(=O)c1cccnn1. The zero-order chi connectivity index (χ0) is 18.0. The van der Waals surface area contributed by atoms with E-state index in [1.807, 2.05) is 0 Å². The molecular formula is C22H36N2O. The summed E-state index contributed by atoms with van der Waals surface area (Å²) in [6.45, 7) is 2.27. The second-order valence-corrected chi connectivity index (χ2v) is 6.87. The van der Waals surface area contributed by atoms with Gasteiger partial charge in [-0.2, -0.15) is 5.10 Å². The highest BCUT2D eigenvalue weighted by Crippen LogP contribution is 2.11. The maximum absolute atomic E-state index is 11.9. The van der Waals surface area contributed by atoms with Crippen LogP contribution in [0, 0.1) is 0 Å². The molecule has 0 amide bonds. The van der Waals surface area contributed by atoms with Crippen LogP contribution in [0.2, 0.25) is 0 Å². The fourth-order valence-corrected chi connectivity index (χ4v) is 2.93. The van der Waals surface area contributed by atoms with Crippen LogP contribution in [0.1, 0.15) is 107 Å². The van der Waals surface area contributed by atoms with Crippen LogP contribution in [0.4, 0.5) is 0 Å². The molecule has 0 bridgehead atoms. The second-order valence-electron chi connectivity index (χ2n) is 6.87. The van der Waals surface area contributed by atoms with Gasteiger partial charge in [-0.25, -0.2) is 0 Å². The zero-order valence-electron chi connectivity index (χ0n) is 16.1. The Balaban J connectivity index is 1.84. The van der Waals surface area contributed by atoms with Gasteiger partial charge in [-0.3, -0.25) is 4.79 Å². The summed E-state index contributed by atoms with van der Waals surface area (Å²) in [4.78, 5) is 11.9. The fourth-order valence-electron chi connectivity index (χ4n) is 2.93. The van der Waals surface area contributed by atoms with Crippen molar-refractivity contribution in [2.45, 2.75) is 96.8 Å². The standard InChI is InChI=1S/C22H36N2O/c1-2-3-4-5-6-7-8-9-10-11-12-13-14-15-16-19-22(25)21-18-17-20-23-24-21/h9-10,17-18,20H,2-8,11-16,19H2,1H3/b10-9-. The molecule has 0 aliphatic rings. The first kappa shape index (κ1) is 21.5. The molecule has 25 heavy (non-hydrogen) atoms. The molecule has 0 aromatic carbocycles. The van der Waals surface area contributed by atoms with E-state index in [4.69, 9.17) is 0 Å². The van der Waals surface area contributed by atoms with Gasteiger partial charge in [-0.05, 0) is 44.2 Å². The minimum Gasteiger partial charge on any atom is -0.292 e. The lowest BCUT2D eigenvalue weighted by atomic mass is 10.1. The molecule has 3 heteroatoms. The van der Waals surface area contributed by atoms with Crippen molar-refractivity contribution in [1.82, 2.24) is 10.2 Å². The Morgan fingerprint density at radius 2 is 1.48 bits per heavy atom. The third-order valence-corrected chi connectivity index (χ3v) is 4.52. The second kappa shape index (κ2) is 16.0. The van der Waals surface area contributed by atoms with Gasteiger partial charge in [-0.1, -0.05) is 70.4 Å². The van der Waals surface area contributed by atoms with E-state index in [1.165, 1.54) is 70.6 Å². The molecule has 0 spiro atoms. The lowest BCUT2D eigenvalue weighted by Gasteiger charge is -2.01. The molecule has 0 atom stereocenters. The Bertz CT molecular complexity index is 456. The summed E-state index contributed by atoms with van der Waals surface area (Å²) in [7, 11) is 0. The third-order valence-electron chi connectivity index (χ3n) is 4.52. The van der Waals surface area contributed by atoms with Gasteiger partial charge in [0, 0.05) is 12.6 Å². The van der Waals surface area contributed by atoms with Crippen molar-refractivity contribution < 1.29 is 4.79 Å². The summed E-state index contributed by atoms with van der Waals surface area (Å²) in [6, 6.07) is 3.51. The Hall–Kier alpha value is -1.51. The summed E-state index contributed by atoms with van der Waals surface area (Å²) in [5, 5.41) is 7.61. The molecule has 0 N–H and O–H groups in total. The van der Waals surface area contributed by atoms with Crippen molar-refractivity contribution in [2.75, 3.05) is 0 Å². The summed E-state index contributed by atoms with van der Waals surface area (Å²) >= 11 is 0. The molecule has 0 aliphatic heterocycles. The van der Waals surface area contributed by atoms with E-state index in [9.17, 15) is 4.79 Å². The van der Waals surface area contributed by atoms with Gasteiger partial charge in [0.05, 0.1) is 0 Å². The minimum absolute atomic E-state index is 0.116. The normalized spacial score (nSPS) is 11.2. The largest absolute Gasteiger partial charge is 0.292 e. The van der Waals surface area contributed by atoms with Crippen LogP contribution in [0.3, 0.4) is 0 Å². The third kappa shape index (κ3) is 12.5. The Labute approximate surface area is 154 Å². The van der Waals surface area contributed by atoms with Crippen LogP contribution in [0.5, 0.6) is 0 Å². The number of nitrogens with zero attached hydrogens (tertiary/aromatic N) is 2. The van der Waals surface area contributed by atoms with Gasteiger partial charge in [0.1, 0.15) is 5.69 Å². The van der Waals surface area contributed by atoms with Gasteiger partial charge >= 0.3 is 0 Å². The number of hydrogen-bond acceptors (Lipinski definition) is 3. The highest BCUT2D eigenvalue weighted by molar-refractivity contribution is 5.93. The number of hydrogen-bond donors (Lipinski definition) is 0. The van der Waals surface area contributed by atoms with Crippen LogP contribution in [0.15, 0.2) is 30.5 Å². The van der Waals surface area contributed by atoms with E-state index in [1.54, 1.807) is 18.3 Å². The maximum Gasteiger partial charge on any atom is 0.183 e. The predicted molar refractivity (Wildman–Crippen MR) is 106 cm³/mol. The molecule has 0 saturated carbocycles. The summed E-state index contributed by atoms with van der Waals surface area (Å²) in [5.74, 6) is 0.116. The monoisotopic (exact) mass is 344 g/mol. The van der Waals surface area contributed by atoms with E-state index in [2.05, 4.69) is 29.3 Å². The number of rotatable bonds is 16. The number of carbonyl (C=O) groups is 1. The fraction of sp³-hybridized carbons (Fsp3) is 0.682. The molecule has 0 fully saturated rings. The van der Waals surface area contributed by atoms with Crippen LogP contribution >= 0.6 is 0 Å². The van der Waals surface area contributed by atoms with Gasteiger partial charge in [0.25, 0.3) is 0 Å².